The zero-order chi connectivity index (χ0) is 23.7. The summed E-state index contributed by atoms with van der Waals surface area (Å²) in [6.07, 6.45) is 5.17. The fourth-order valence-electron chi connectivity index (χ4n) is 5.77. The fourth-order valence-corrected chi connectivity index (χ4v) is 5.77. The van der Waals surface area contributed by atoms with Crippen LogP contribution >= 0.6 is 0 Å². The van der Waals surface area contributed by atoms with Crippen LogP contribution < -0.4 is 0 Å². The Kier molecular flexibility index (Phi) is 6.38. The Labute approximate surface area is 199 Å². The molecule has 0 radical (unpaired) electrons. The van der Waals surface area contributed by atoms with Crippen molar-refractivity contribution in [3.05, 3.63) is 71.0 Å². The summed E-state index contributed by atoms with van der Waals surface area (Å²) in [5, 5.41) is 10.0. The lowest BCUT2D eigenvalue weighted by atomic mass is 9.73. The van der Waals surface area contributed by atoms with Gasteiger partial charge in [0.15, 0.2) is 0 Å². The van der Waals surface area contributed by atoms with Crippen LogP contribution in [-0.2, 0) is 9.59 Å². The molecule has 2 aromatic rings. The third kappa shape index (κ3) is 4.33. The molecule has 0 unspecified atom stereocenters. The molecule has 1 saturated carbocycles. The summed E-state index contributed by atoms with van der Waals surface area (Å²) in [6, 6.07) is 13.6. The standard InChI is InChI=1S/C28H29FN2O3/c29-23-8-4-5-20(15-23)10-9-19-11-13-21(14-12-19)27-24-16-30(17-26(33)31(24)25(27)18-32)28(34)22-6-2-1-3-7-22/h4-5,8,11-15,22,24-25,27,32H,1-3,6-7,16-18H2/t24-,25+,27+/m0/s1. The number of rotatable bonds is 3. The quantitative estimate of drug-likeness (QED) is 0.715. The Morgan fingerprint density at radius 1 is 1.03 bits per heavy atom. The number of piperazine rings is 1. The van der Waals surface area contributed by atoms with Crippen molar-refractivity contribution in [2.45, 2.75) is 50.1 Å². The highest BCUT2D eigenvalue weighted by Crippen LogP contribution is 2.43. The number of halogens is 1. The molecule has 2 heterocycles. The Morgan fingerprint density at radius 3 is 2.47 bits per heavy atom. The van der Waals surface area contributed by atoms with Crippen LogP contribution in [0, 0.1) is 23.6 Å². The SMILES string of the molecule is O=C(C1CCCCC1)N1CC(=O)N2[C@H](CO)[C@H](c3ccc(C#Cc4cccc(F)c4)cc3)[C@@H]2C1. The molecule has 6 heteroatoms. The second-order valence-electron chi connectivity index (χ2n) is 9.58. The molecule has 5 nitrogen and oxygen atoms in total. The van der Waals surface area contributed by atoms with Crippen LogP contribution in [0.3, 0.4) is 0 Å². The molecule has 0 aromatic heterocycles. The Hall–Kier alpha value is -3.17. The summed E-state index contributed by atoms with van der Waals surface area (Å²) in [7, 11) is 0. The van der Waals surface area contributed by atoms with Gasteiger partial charge in [0.1, 0.15) is 5.82 Å². The highest BCUT2D eigenvalue weighted by molar-refractivity contribution is 5.88. The normalized spacial score (nSPS) is 24.6. The first-order chi connectivity index (χ1) is 16.5. The number of aliphatic hydroxyl groups excluding tert-OH is 1. The molecule has 34 heavy (non-hydrogen) atoms. The molecule has 2 aromatic carbocycles. The van der Waals surface area contributed by atoms with Gasteiger partial charge in [-0.1, -0.05) is 49.3 Å². The third-order valence-corrected chi connectivity index (χ3v) is 7.49. The highest BCUT2D eigenvalue weighted by Gasteiger charge is 2.54. The molecule has 2 amide bonds. The average molecular weight is 461 g/mol. The largest absolute Gasteiger partial charge is 0.394 e. The summed E-state index contributed by atoms with van der Waals surface area (Å²) in [6.45, 7) is 0.525. The first kappa shape index (κ1) is 22.6. The van der Waals surface area contributed by atoms with Crippen molar-refractivity contribution in [1.82, 2.24) is 9.80 Å². The van der Waals surface area contributed by atoms with Crippen LogP contribution in [0.5, 0.6) is 0 Å². The summed E-state index contributed by atoms with van der Waals surface area (Å²) < 4.78 is 13.4. The maximum absolute atomic E-state index is 13.4. The van der Waals surface area contributed by atoms with Crippen molar-refractivity contribution >= 4 is 11.8 Å². The molecule has 3 atom stereocenters. The molecule has 1 N–H and O–H groups in total. The van der Waals surface area contributed by atoms with Crippen molar-refractivity contribution in [2.75, 3.05) is 19.7 Å². The van der Waals surface area contributed by atoms with Crippen LogP contribution in [0.2, 0.25) is 0 Å². The first-order valence-corrected chi connectivity index (χ1v) is 12.1. The predicted molar refractivity (Wildman–Crippen MR) is 126 cm³/mol. The predicted octanol–water partition coefficient (Wildman–Crippen LogP) is 3.30. The molecule has 5 rings (SSSR count). The lowest BCUT2D eigenvalue weighted by molar-refractivity contribution is -0.168. The number of amides is 2. The molecule has 0 spiro atoms. The van der Waals surface area contributed by atoms with E-state index in [1.165, 1.54) is 18.6 Å². The minimum absolute atomic E-state index is 0.0267. The van der Waals surface area contributed by atoms with Crippen molar-refractivity contribution in [3.8, 4) is 11.8 Å². The van der Waals surface area contributed by atoms with Gasteiger partial charge >= 0.3 is 0 Å². The number of hydrogen-bond acceptors (Lipinski definition) is 3. The monoisotopic (exact) mass is 460 g/mol. The molecule has 3 aliphatic rings. The molecule has 0 bridgehead atoms. The van der Waals surface area contributed by atoms with Crippen LogP contribution in [0.4, 0.5) is 4.39 Å². The minimum atomic E-state index is -0.315. The average Bonchev–Trinajstić information content (AvgIpc) is 2.85. The molecular formula is C28H29FN2O3. The highest BCUT2D eigenvalue weighted by atomic mass is 19.1. The van der Waals surface area contributed by atoms with E-state index in [0.717, 1.165) is 36.8 Å². The molecule has 2 saturated heterocycles. The van der Waals surface area contributed by atoms with Gasteiger partial charge in [-0.05, 0) is 48.7 Å². The number of carbonyl (C=O) groups is 2. The van der Waals surface area contributed by atoms with Gasteiger partial charge in [-0.3, -0.25) is 9.59 Å². The summed E-state index contributed by atoms with van der Waals surface area (Å²) >= 11 is 0. The maximum atomic E-state index is 13.4. The van der Waals surface area contributed by atoms with E-state index in [2.05, 4.69) is 11.8 Å². The van der Waals surface area contributed by atoms with E-state index in [0.29, 0.717) is 12.1 Å². The van der Waals surface area contributed by atoms with E-state index in [-0.39, 0.29) is 54.7 Å². The van der Waals surface area contributed by atoms with Crippen LogP contribution in [0.25, 0.3) is 0 Å². The number of benzene rings is 2. The van der Waals surface area contributed by atoms with Crippen molar-refractivity contribution in [3.63, 3.8) is 0 Å². The second-order valence-corrected chi connectivity index (χ2v) is 9.58. The van der Waals surface area contributed by atoms with Gasteiger partial charge in [0.05, 0.1) is 25.2 Å². The van der Waals surface area contributed by atoms with E-state index in [1.54, 1.807) is 21.9 Å². The lowest BCUT2D eigenvalue weighted by Crippen LogP contribution is -2.73. The summed E-state index contributed by atoms with van der Waals surface area (Å²) in [4.78, 5) is 29.5. The molecule has 1 aliphatic carbocycles. The number of aliphatic hydroxyl groups is 1. The summed E-state index contributed by atoms with van der Waals surface area (Å²) in [5.74, 6) is 5.76. The van der Waals surface area contributed by atoms with E-state index < -0.39 is 0 Å². The summed E-state index contributed by atoms with van der Waals surface area (Å²) in [5.41, 5.74) is 2.44. The molecule has 176 valence electrons. The Balaban J connectivity index is 1.32. The molecular weight excluding hydrogens is 431 g/mol. The Morgan fingerprint density at radius 2 is 1.76 bits per heavy atom. The number of carbonyl (C=O) groups excluding carboxylic acids is 2. The van der Waals surface area contributed by atoms with Gasteiger partial charge in [-0.2, -0.15) is 0 Å². The van der Waals surface area contributed by atoms with Gasteiger partial charge in [0.2, 0.25) is 11.8 Å². The van der Waals surface area contributed by atoms with Gasteiger partial charge in [-0.15, -0.1) is 0 Å². The van der Waals surface area contributed by atoms with Crippen molar-refractivity contribution in [2.24, 2.45) is 5.92 Å². The van der Waals surface area contributed by atoms with Gasteiger partial charge in [-0.25, -0.2) is 4.39 Å². The van der Waals surface area contributed by atoms with E-state index in [4.69, 9.17) is 0 Å². The van der Waals surface area contributed by atoms with Gasteiger partial charge in [0, 0.05) is 29.5 Å². The van der Waals surface area contributed by atoms with E-state index >= 15 is 0 Å². The number of nitrogens with zero attached hydrogens (tertiary/aromatic N) is 2. The van der Waals surface area contributed by atoms with Crippen LogP contribution in [0.15, 0.2) is 48.5 Å². The van der Waals surface area contributed by atoms with E-state index in [9.17, 15) is 19.1 Å². The van der Waals surface area contributed by atoms with Crippen LogP contribution in [-0.4, -0.2) is 58.5 Å². The zero-order valence-electron chi connectivity index (χ0n) is 19.1. The zero-order valence-corrected chi connectivity index (χ0v) is 19.1. The van der Waals surface area contributed by atoms with Crippen LogP contribution in [0.1, 0.15) is 54.7 Å². The van der Waals surface area contributed by atoms with Crippen molar-refractivity contribution < 1.29 is 19.1 Å². The first-order valence-electron chi connectivity index (χ1n) is 12.1. The lowest BCUT2D eigenvalue weighted by Gasteiger charge is -2.59. The third-order valence-electron chi connectivity index (χ3n) is 7.49. The minimum Gasteiger partial charge on any atom is -0.394 e. The topological polar surface area (TPSA) is 60.9 Å². The Bertz CT molecular complexity index is 1130. The van der Waals surface area contributed by atoms with E-state index in [1.807, 2.05) is 24.3 Å². The maximum Gasteiger partial charge on any atom is 0.242 e. The number of fused-ring (bicyclic) bond motifs is 1. The van der Waals surface area contributed by atoms with Gasteiger partial charge < -0.3 is 14.9 Å². The number of hydrogen-bond donors (Lipinski definition) is 1. The molecule has 3 fully saturated rings. The second kappa shape index (κ2) is 9.60. The van der Waals surface area contributed by atoms with Gasteiger partial charge in [0.25, 0.3) is 0 Å². The fraction of sp³-hybridized carbons (Fsp3) is 0.429. The smallest absolute Gasteiger partial charge is 0.242 e. The molecule has 2 aliphatic heterocycles. The van der Waals surface area contributed by atoms with Crippen molar-refractivity contribution in [1.29, 1.82) is 0 Å².